The van der Waals surface area contributed by atoms with E-state index in [1.807, 2.05) is 0 Å². The van der Waals surface area contributed by atoms with Crippen LogP contribution >= 0.6 is 0 Å². The molecule has 0 atom stereocenters. The summed E-state index contributed by atoms with van der Waals surface area (Å²) in [5.74, 6) is 0.136. The second-order valence-electron chi connectivity index (χ2n) is 4.97. The van der Waals surface area contributed by atoms with Crippen molar-refractivity contribution < 1.29 is 9.53 Å². The number of hydrogen-bond acceptors (Lipinski definition) is 4. The first kappa shape index (κ1) is 14.2. The highest BCUT2D eigenvalue weighted by Crippen LogP contribution is 2.25. The maximum Gasteiger partial charge on any atom is 0.227 e. The molecule has 1 aromatic rings. The highest BCUT2D eigenvalue weighted by atomic mass is 16.5. The molecule has 3 N–H and O–H groups in total. The Balaban J connectivity index is 1.94. The van der Waals surface area contributed by atoms with E-state index < -0.39 is 0 Å². The molecule has 0 heterocycles. The van der Waals surface area contributed by atoms with Crippen LogP contribution in [0, 0.1) is 16.7 Å². The van der Waals surface area contributed by atoms with E-state index >= 15 is 0 Å². The fourth-order valence-electron chi connectivity index (χ4n) is 2.44. The Bertz CT molecular complexity index is 490. The molecule has 1 fully saturated rings. The normalized spacial score (nSPS) is 15.4. The summed E-state index contributed by atoms with van der Waals surface area (Å²) in [5.41, 5.74) is 1.30. The summed E-state index contributed by atoms with van der Waals surface area (Å²) >= 11 is 0. The molecular weight excluding hydrogens is 254 g/mol. The van der Waals surface area contributed by atoms with Gasteiger partial charge in [0.1, 0.15) is 0 Å². The number of amides is 1. The molecule has 20 heavy (non-hydrogen) atoms. The van der Waals surface area contributed by atoms with Crippen LogP contribution in [0.3, 0.4) is 0 Å². The smallest absolute Gasteiger partial charge is 0.227 e. The molecule has 5 heteroatoms. The van der Waals surface area contributed by atoms with Gasteiger partial charge in [0.05, 0.1) is 0 Å². The lowest BCUT2D eigenvalue weighted by Crippen LogP contribution is -2.24. The Kier molecular flexibility index (Phi) is 4.87. The average Bonchev–Trinajstić information content (AvgIpc) is 2.49. The Morgan fingerprint density at radius 3 is 2.45 bits per heavy atom. The van der Waals surface area contributed by atoms with Crippen LogP contribution < -0.4 is 5.32 Å². The van der Waals surface area contributed by atoms with Crippen molar-refractivity contribution in [2.24, 2.45) is 5.92 Å². The quantitative estimate of drug-likeness (QED) is 0.581. The molecule has 0 saturated heterocycles. The Hall–Kier alpha value is -2.17. The zero-order valence-electron chi connectivity index (χ0n) is 11.3. The summed E-state index contributed by atoms with van der Waals surface area (Å²) in [5, 5.41) is 17.2. The van der Waals surface area contributed by atoms with Gasteiger partial charge in [-0.1, -0.05) is 19.3 Å². The number of nitrogens with one attached hydrogen (secondary N) is 3. The van der Waals surface area contributed by atoms with Crippen molar-refractivity contribution in [2.75, 3.05) is 5.32 Å². The third kappa shape index (κ3) is 3.66. The molecule has 0 bridgehead atoms. The molecule has 1 saturated carbocycles. The molecule has 1 amide bonds. The lowest BCUT2D eigenvalue weighted by atomic mass is 9.88. The monoisotopic (exact) mass is 273 g/mol. The third-order valence-corrected chi connectivity index (χ3v) is 3.57. The highest BCUT2D eigenvalue weighted by molar-refractivity contribution is 5.96. The van der Waals surface area contributed by atoms with Crippen LogP contribution in [0.1, 0.15) is 37.7 Å². The summed E-state index contributed by atoms with van der Waals surface area (Å²) in [7, 11) is 0. The lowest BCUT2D eigenvalue weighted by Gasteiger charge is -2.20. The van der Waals surface area contributed by atoms with E-state index in [0.29, 0.717) is 5.56 Å². The number of ether oxygens (including phenoxy) is 1. The standard InChI is InChI=1S/C15H19N3O2/c16-10-20-14(17)11-6-8-13(9-7-11)18-15(19)12-4-2-1-3-5-12/h6-10,12,16-17H,1-5H2,(H,18,19). The second kappa shape index (κ2) is 6.84. The van der Waals surface area contributed by atoms with E-state index in [-0.39, 0.29) is 17.7 Å². The van der Waals surface area contributed by atoms with Gasteiger partial charge in [-0.05, 0) is 37.1 Å². The first-order valence-corrected chi connectivity index (χ1v) is 6.86. The molecule has 0 radical (unpaired) electrons. The molecular formula is C15H19N3O2. The molecule has 0 spiro atoms. The number of rotatable bonds is 4. The number of hydrogen-bond donors (Lipinski definition) is 3. The van der Waals surface area contributed by atoms with E-state index in [0.717, 1.165) is 37.8 Å². The number of benzene rings is 1. The van der Waals surface area contributed by atoms with E-state index in [1.54, 1.807) is 24.3 Å². The Morgan fingerprint density at radius 1 is 1.20 bits per heavy atom. The van der Waals surface area contributed by atoms with Crippen LogP contribution in [0.2, 0.25) is 0 Å². The van der Waals surface area contributed by atoms with Crippen molar-refractivity contribution in [1.82, 2.24) is 0 Å². The summed E-state index contributed by atoms with van der Waals surface area (Å²) in [4.78, 5) is 12.1. The summed E-state index contributed by atoms with van der Waals surface area (Å²) in [6.07, 6.45) is 6.17. The van der Waals surface area contributed by atoms with Gasteiger partial charge in [-0.15, -0.1) is 0 Å². The van der Waals surface area contributed by atoms with E-state index in [2.05, 4.69) is 10.1 Å². The lowest BCUT2D eigenvalue weighted by molar-refractivity contribution is -0.120. The van der Waals surface area contributed by atoms with Crippen molar-refractivity contribution in [3.63, 3.8) is 0 Å². The zero-order valence-corrected chi connectivity index (χ0v) is 11.3. The molecule has 5 nitrogen and oxygen atoms in total. The second-order valence-corrected chi connectivity index (χ2v) is 4.97. The first-order valence-electron chi connectivity index (χ1n) is 6.86. The number of carbonyl (C=O) groups is 1. The van der Waals surface area contributed by atoms with Gasteiger partial charge in [0.15, 0.2) is 6.40 Å². The molecule has 1 aliphatic carbocycles. The van der Waals surface area contributed by atoms with Gasteiger partial charge in [-0.25, -0.2) is 0 Å². The van der Waals surface area contributed by atoms with Crippen molar-refractivity contribution in [3.8, 4) is 0 Å². The van der Waals surface area contributed by atoms with Gasteiger partial charge in [0, 0.05) is 17.2 Å². The van der Waals surface area contributed by atoms with Gasteiger partial charge >= 0.3 is 0 Å². The topological polar surface area (TPSA) is 86.0 Å². The minimum absolute atomic E-state index is 0.0786. The van der Waals surface area contributed by atoms with Gasteiger partial charge in [-0.2, -0.15) is 0 Å². The van der Waals surface area contributed by atoms with E-state index in [4.69, 9.17) is 10.8 Å². The molecule has 0 aromatic heterocycles. The Morgan fingerprint density at radius 2 is 1.85 bits per heavy atom. The van der Waals surface area contributed by atoms with Crippen LogP contribution in [0.5, 0.6) is 0 Å². The first-order chi connectivity index (χ1) is 9.70. The molecule has 2 rings (SSSR count). The molecule has 0 unspecified atom stereocenters. The van der Waals surface area contributed by atoms with E-state index in [1.165, 1.54) is 6.42 Å². The van der Waals surface area contributed by atoms with Gasteiger partial charge in [0.2, 0.25) is 11.8 Å². The predicted octanol–water partition coefficient (Wildman–Crippen LogP) is 3.15. The minimum atomic E-state index is -0.0786. The van der Waals surface area contributed by atoms with Gasteiger partial charge in [0.25, 0.3) is 0 Å². The maximum atomic E-state index is 12.1. The van der Waals surface area contributed by atoms with Crippen molar-refractivity contribution in [1.29, 1.82) is 10.8 Å². The molecule has 106 valence electrons. The zero-order chi connectivity index (χ0) is 14.4. The third-order valence-electron chi connectivity index (χ3n) is 3.57. The maximum absolute atomic E-state index is 12.1. The minimum Gasteiger partial charge on any atom is -0.428 e. The van der Waals surface area contributed by atoms with Crippen molar-refractivity contribution in [2.45, 2.75) is 32.1 Å². The van der Waals surface area contributed by atoms with Crippen LogP contribution in [-0.4, -0.2) is 18.2 Å². The number of anilines is 1. The molecule has 0 aliphatic heterocycles. The largest absolute Gasteiger partial charge is 0.428 e. The van der Waals surface area contributed by atoms with Crippen LogP contribution in [0.4, 0.5) is 5.69 Å². The highest BCUT2D eigenvalue weighted by Gasteiger charge is 2.20. The summed E-state index contributed by atoms with van der Waals surface area (Å²) < 4.78 is 4.68. The molecule has 1 aromatic carbocycles. The average molecular weight is 273 g/mol. The van der Waals surface area contributed by atoms with E-state index in [9.17, 15) is 4.79 Å². The summed E-state index contributed by atoms with van der Waals surface area (Å²) in [6, 6.07) is 6.89. The fraction of sp³-hybridized carbons (Fsp3) is 0.400. The van der Waals surface area contributed by atoms with Crippen molar-refractivity contribution >= 4 is 23.9 Å². The van der Waals surface area contributed by atoms with Gasteiger partial charge < -0.3 is 10.1 Å². The fourth-order valence-corrected chi connectivity index (χ4v) is 2.44. The van der Waals surface area contributed by atoms with Crippen molar-refractivity contribution in [3.05, 3.63) is 29.8 Å². The van der Waals surface area contributed by atoms with Crippen LogP contribution in [0.25, 0.3) is 0 Å². The summed E-state index contributed by atoms with van der Waals surface area (Å²) in [6.45, 7) is 0. The van der Waals surface area contributed by atoms with Crippen LogP contribution in [0.15, 0.2) is 24.3 Å². The predicted molar refractivity (Wildman–Crippen MR) is 78.3 cm³/mol. The SMILES string of the molecule is N=COC(=N)c1ccc(NC(=O)C2CCCCC2)cc1. The Labute approximate surface area is 118 Å². The molecule has 1 aliphatic rings. The number of carbonyl (C=O) groups excluding carboxylic acids is 1. The van der Waals surface area contributed by atoms with Gasteiger partial charge in [-0.3, -0.25) is 15.6 Å². The van der Waals surface area contributed by atoms with Crippen LogP contribution in [-0.2, 0) is 9.53 Å².